The van der Waals surface area contributed by atoms with Crippen molar-refractivity contribution in [2.75, 3.05) is 13.6 Å². The highest BCUT2D eigenvalue weighted by molar-refractivity contribution is 7.09. The van der Waals surface area contributed by atoms with Gasteiger partial charge in [0.25, 0.3) is 0 Å². The first-order valence-electron chi connectivity index (χ1n) is 7.55. The van der Waals surface area contributed by atoms with Crippen LogP contribution >= 0.6 is 11.3 Å². The number of hydrogen-bond acceptors (Lipinski definition) is 4. The van der Waals surface area contributed by atoms with Crippen molar-refractivity contribution in [3.8, 4) is 0 Å². The van der Waals surface area contributed by atoms with Gasteiger partial charge in [-0.25, -0.2) is 4.98 Å². The first kappa shape index (κ1) is 16.1. The largest absolute Gasteiger partial charge is 0.313 e. The van der Waals surface area contributed by atoms with E-state index < -0.39 is 0 Å². The third-order valence-corrected chi connectivity index (χ3v) is 4.48. The predicted octanol–water partition coefficient (Wildman–Crippen LogP) is 3.58. The zero-order chi connectivity index (χ0) is 15.1. The molecule has 114 valence electrons. The van der Waals surface area contributed by atoms with Gasteiger partial charge < -0.3 is 5.32 Å². The molecule has 0 saturated carbocycles. The minimum Gasteiger partial charge on any atom is -0.313 e. The molecule has 0 aliphatic heterocycles. The fourth-order valence-corrected chi connectivity index (χ4v) is 3.21. The lowest BCUT2D eigenvalue weighted by Gasteiger charge is -2.18. The lowest BCUT2D eigenvalue weighted by molar-refractivity contribution is 0.320. The zero-order valence-corrected chi connectivity index (χ0v) is 14.0. The van der Waals surface area contributed by atoms with E-state index >= 15 is 0 Å². The molecule has 0 amide bonds. The number of nitrogens with one attached hydrogen (secondary N) is 1. The summed E-state index contributed by atoms with van der Waals surface area (Å²) in [4.78, 5) is 8.05. The summed E-state index contributed by atoms with van der Waals surface area (Å²) in [5, 5.41) is 3.49. The van der Waals surface area contributed by atoms with Gasteiger partial charge in [0, 0.05) is 24.5 Å². The van der Waals surface area contributed by atoms with Crippen LogP contribution in [0.3, 0.4) is 0 Å². The quantitative estimate of drug-likeness (QED) is 0.756. The molecule has 1 N–H and O–H groups in total. The van der Waals surface area contributed by atoms with Crippen LogP contribution < -0.4 is 5.32 Å². The molecule has 0 saturated heterocycles. The Bertz CT molecular complexity index is 550. The van der Waals surface area contributed by atoms with Gasteiger partial charge in [-0.1, -0.05) is 31.2 Å². The van der Waals surface area contributed by atoms with Crippen molar-refractivity contribution in [1.29, 1.82) is 0 Å². The van der Waals surface area contributed by atoms with Crippen LogP contribution in [0.2, 0.25) is 0 Å². The zero-order valence-electron chi connectivity index (χ0n) is 13.2. The standard InChI is InChI=1S/C17H25N3S/c1-4-9-18-10-15-7-5-6-8-16(15)11-20(3)12-17-14(2)19-13-21-17/h5-8,13,18H,4,9-12H2,1-3H3. The molecule has 0 aliphatic rings. The molecule has 0 bridgehead atoms. The molecule has 0 atom stereocenters. The maximum absolute atomic E-state index is 4.33. The Balaban J connectivity index is 1.96. The first-order valence-corrected chi connectivity index (χ1v) is 8.43. The average molecular weight is 303 g/mol. The van der Waals surface area contributed by atoms with E-state index in [1.165, 1.54) is 22.4 Å². The van der Waals surface area contributed by atoms with E-state index in [4.69, 9.17) is 0 Å². The van der Waals surface area contributed by atoms with E-state index in [9.17, 15) is 0 Å². The molecule has 21 heavy (non-hydrogen) atoms. The molecule has 0 aliphatic carbocycles. The third-order valence-electron chi connectivity index (χ3n) is 3.56. The number of rotatable bonds is 8. The van der Waals surface area contributed by atoms with Crippen molar-refractivity contribution in [3.05, 3.63) is 51.5 Å². The Labute approximate surface area is 132 Å². The van der Waals surface area contributed by atoms with Crippen molar-refractivity contribution in [2.45, 2.75) is 39.9 Å². The molecule has 0 unspecified atom stereocenters. The van der Waals surface area contributed by atoms with Crippen LogP contribution in [0.25, 0.3) is 0 Å². The van der Waals surface area contributed by atoms with Crippen molar-refractivity contribution in [2.24, 2.45) is 0 Å². The molecule has 2 aromatic rings. The van der Waals surface area contributed by atoms with Crippen LogP contribution in [0.4, 0.5) is 0 Å². The molecule has 0 radical (unpaired) electrons. The molecule has 0 fully saturated rings. The molecule has 3 nitrogen and oxygen atoms in total. The van der Waals surface area contributed by atoms with E-state index in [-0.39, 0.29) is 0 Å². The van der Waals surface area contributed by atoms with Gasteiger partial charge >= 0.3 is 0 Å². The second kappa shape index (κ2) is 8.27. The summed E-state index contributed by atoms with van der Waals surface area (Å²) in [6.07, 6.45) is 1.17. The Hall–Kier alpha value is -1.23. The van der Waals surface area contributed by atoms with Crippen molar-refractivity contribution in [1.82, 2.24) is 15.2 Å². The Morgan fingerprint density at radius 2 is 1.95 bits per heavy atom. The third kappa shape index (κ3) is 4.92. The molecule has 1 aromatic heterocycles. The summed E-state index contributed by atoms with van der Waals surface area (Å²) in [5.74, 6) is 0. The summed E-state index contributed by atoms with van der Waals surface area (Å²) in [5.41, 5.74) is 5.90. The summed E-state index contributed by atoms with van der Waals surface area (Å²) < 4.78 is 0. The number of aromatic nitrogens is 1. The first-order chi connectivity index (χ1) is 10.2. The summed E-state index contributed by atoms with van der Waals surface area (Å²) >= 11 is 1.74. The van der Waals surface area contributed by atoms with Gasteiger partial charge in [0.15, 0.2) is 0 Å². The average Bonchev–Trinajstić information content (AvgIpc) is 2.86. The minimum absolute atomic E-state index is 0.956. The SMILES string of the molecule is CCCNCc1ccccc1CN(C)Cc1scnc1C. The van der Waals surface area contributed by atoms with Gasteiger partial charge in [0.1, 0.15) is 0 Å². The number of hydrogen-bond donors (Lipinski definition) is 1. The van der Waals surface area contributed by atoms with Gasteiger partial charge in [0.2, 0.25) is 0 Å². The monoisotopic (exact) mass is 303 g/mol. The predicted molar refractivity (Wildman–Crippen MR) is 90.5 cm³/mol. The topological polar surface area (TPSA) is 28.2 Å². The summed E-state index contributed by atoms with van der Waals surface area (Å²) in [6.45, 7) is 8.25. The van der Waals surface area contributed by atoms with Crippen LogP contribution in [0.15, 0.2) is 29.8 Å². The number of benzene rings is 1. The van der Waals surface area contributed by atoms with Crippen LogP contribution in [0.5, 0.6) is 0 Å². The van der Waals surface area contributed by atoms with Crippen molar-refractivity contribution < 1.29 is 0 Å². The molecular formula is C17H25N3S. The van der Waals surface area contributed by atoms with Crippen molar-refractivity contribution >= 4 is 11.3 Å². The molecule has 1 aromatic carbocycles. The maximum atomic E-state index is 4.33. The smallest absolute Gasteiger partial charge is 0.0798 e. The van der Waals surface area contributed by atoms with Crippen molar-refractivity contribution in [3.63, 3.8) is 0 Å². The Kier molecular flexibility index (Phi) is 6.36. The maximum Gasteiger partial charge on any atom is 0.0798 e. The molecule has 0 spiro atoms. The van der Waals surface area contributed by atoms with E-state index in [0.29, 0.717) is 0 Å². The lowest BCUT2D eigenvalue weighted by atomic mass is 10.1. The van der Waals surface area contributed by atoms with Gasteiger partial charge in [-0.15, -0.1) is 11.3 Å². The van der Waals surface area contributed by atoms with Crippen LogP contribution in [0.1, 0.15) is 35.0 Å². The number of nitrogens with zero attached hydrogens (tertiary/aromatic N) is 2. The van der Waals surface area contributed by atoms with E-state index in [1.54, 1.807) is 11.3 Å². The highest BCUT2D eigenvalue weighted by Gasteiger charge is 2.08. The number of thiazole rings is 1. The van der Waals surface area contributed by atoms with Crippen LogP contribution in [0, 0.1) is 6.92 Å². The second-order valence-corrected chi connectivity index (χ2v) is 6.42. The lowest BCUT2D eigenvalue weighted by Crippen LogP contribution is -2.20. The minimum atomic E-state index is 0.956. The highest BCUT2D eigenvalue weighted by Crippen LogP contribution is 2.17. The van der Waals surface area contributed by atoms with Gasteiger partial charge in [-0.2, -0.15) is 0 Å². The fraction of sp³-hybridized carbons (Fsp3) is 0.471. The van der Waals surface area contributed by atoms with Gasteiger partial charge in [-0.05, 0) is 38.1 Å². The Morgan fingerprint density at radius 3 is 2.62 bits per heavy atom. The second-order valence-electron chi connectivity index (χ2n) is 5.48. The molecule has 2 rings (SSSR count). The van der Waals surface area contributed by atoms with E-state index in [0.717, 1.165) is 31.9 Å². The highest BCUT2D eigenvalue weighted by atomic mass is 32.1. The van der Waals surface area contributed by atoms with Crippen LogP contribution in [-0.2, 0) is 19.6 Å². The summed E-state index contributed by atoms with van der Waals surface area (Å²) in [6, 6.07) is 8.72. The summed E-state index contributed by atoms with van der Waals surface area (Å²) in [7, 11) is 2.18. The number of aryl methyl sites for hydroxylation is 1. The molecule has 1 heterocycles. The van der Waals surface area contributed by atoms with E-state index in [1.807, 2.05) is 5.51 Å². The van der Waals surface area contributed by atoms with E-state index in [2.05, 4.69) is 60.4 Å². The molecular weight excluding hydrogens is 278 g/mol. The van der Waals surface area contributed by atoms with Gasteiger partial charge in [0.05, 0.1) is 11.2 Å². The van der Waals surface area contributed by atoms with Gasteiger partial charge in [-0.3, -0.25) is 4.90 Å². The normalized spacial score (nSPS) is 11.2. The molecule has 4 heteroatoms. The fourth-order valence-electron chi connectivity index (χ4n) is 2.35. The van der Waals surface area contributed by atoms with Crippen LogP contribution in [-0.4, -0.2) is 23.5 Å². The Morgan fingerprint density at radius 1 is 1.19 bits per heavy atom.